The Bertz CT molecular complexity index is 868. The lowest BCUT2D eigenvalue weighted by Gasteiger charge is -1.98. The fraction of sp³-hybridized carbons (Fsp3) is 0.0769. The fourth-order valence-corrected chi connectivity index (χ4v) is 4.10. The normalized spacial score (nSPS) is 11.2. The molecular weight excluding hydrogens is 324 g/mol. The van der Waals surface area contributed by atoms with E-state index >= 15 is 0 Å². The molecule has 4 aromatic rings. The van der Waals surface area contributed by atoms with Crippen molar-refractivity contribution in [1.82, 2.24) is 20.1 Å². The zero-order valence-electron chi connectivity index (χ0n) is 10.6. The zero-order valence-corrected chi connectivity index (χ0v) is 13.0. The molecule has 0 aliphatic carbocycles. The molecule has 0 fully saturated rings. The average molecular weight is 332 g/mol. The van der Waals surface area contributed by atoms with E-state index in [0.717, 1.165) is 20.1 Å². The summed E-state index contributed by atoms with van der Waals surface area (Å²) < 4.78 is 5.29. The Morgan fingerprint density at radius 1 is 1.14 bits per heavy atom. The van der Waals surface area contributed by atoms with Crippen LogP contribution in [-0.4, -0.2) is 20.1 Å². The summed E-state index contributed by atoms with van der Waals surface area (Å²) in [6.45, 7) is 0. The van der Waals surface area contributed by atoms with Crippen molar-refractivity contribution in [2.75, 3.05) is 0 Å². The Morgan fingerprint density at radius 2 is 2.14 bits per heavy atom. The monoisotopic (exact) mass is 332 g/mol. The molecule has 4 rings (SSSR count). The van der Waals surface area contributed by atoms with E-state index in [0.29, 0.717) is 17.5 Å². The summed E-state index contributed by atoms with van der Waals surface area (Å²) in [6.07, 6.45) is 1.59. The highest BCUT2D eigenvalue weighted by Gasteiger charge is 2.11. The first-order chi connectivity index (χ1) is 10.4. The molecule has 0 amide bonds. The highest BCUT2D eigenvalue weighted by Crippen LogP contribution is 2.30. The van der Waals surface area contributed by atoms with Crippen molar-refractivity contribution in [1.29, 1.82) is 0 Å². The predicted molar refractivity (Wildman–Crippen MR) is 84.6 cm³/mol. The topological polar surface area (TPSA) is 64.7 Å². The summed E-state index contributed by atoms with van der Waals surface area (Å²) in [5.74, 6) is 1.84. The highest BCUT2D eigenvalue weighted by atomic mass is 32.2. The maximum atomic E-state index is 5.29. The van der Waals surface area contributed by atoms with Gasteiger partial charge in [-0.15, -0.1) is 22.7 Å². The van der Waals surface area contributed by atoms with E-state index in [4.69, 9.17) is 4.52 Å². The third-order valence-electron chi connectivity index (χ3n) is 2.77. The number of rotatable bonds is 4. The molecule has 0 N–H and O–H groups in total. The lowest BCUT2D eigenvalue weighted by Crippen LogP contribution is -1.85. The molecule has 21 heavy (non-hydrogen) atoms. The van der Waals surface area contributed by atoms with Gasteiger partial charge in [0.25, 0.3) is 0 Å². The largest absolute Gasteiger partial charge is 0.338 e. The fourth-order valence-electron chi connectivity index (χ4n) is 1.83. The summed E-state index contributed by atoms with van der Waals surface area (Å²) in [7, 11) is 0. The van der Waals surface area contributed by atoms with Gasteiger partial charge in [-0.2, -0.15) is 4.98 Å². The van der Waals surface area contributed by atoms with Crippen LogP contribution in [0.25, 0.3) is 20.9 Å². The van der Waals surface area contributed by atoms with Gasteiger partial charge in [0.15, 0.2) is 0 Å². The summed E-state index contributed by atoms with van der Waals surface area (Å²) in [6, 6.07) is 5.98. The van der Waals surface area contributed by atoms with Crippen molar-refractivity contribution >= 4 is 44.7 Å². The van der Waals surface area contributed by atoms with Crippen LogP contribution in [0.3, 0.4) is 0 Å². The number of nitrogens with zero attached hydrogens (tertiary/aromatic N) is 4. The van der Waals surface area contributed by atoms with Gasteiger partial charge < -0.3 is 4.52 Å². The van der Waals surface area contributed by atoms with Crippen LogP contribution < -0.4 is 0 Å². The summed E-state index contributed by atoms with van der Waals surface area (Å²) in [5, 5.41) is 10.0. The van der Waals surface area contributed by atoms with Gasteiger partial charge in [-0.25, -0.2) is 9.97 Å². The maximum Gasteiger partial charge on any atom is 0.237 e. The van der Waals surface area contributed by atoms with E-state index < -0.39 is 0 Å². The van der Waals surface area contributed by atoms with Crippen molar-refractivity contribution in [2.45, 2.75) is 10.8 Å². The van der Waals surface area contributed by atoms with E-state index in [1.54, 1.807) is 40.8 Å². The Kier molecular flexibility index (Phi) is 3.42. The average Bonchev–Trinajstić information content (AvgIpc) is 3.23. The van der Waals surface area contributed by atoms with E-state index in [2.05, 4.69) is 20.1 Å². The number of hydrogen-bond acceptors (Lipinski definition) is 8. The van der Waals surface area contributed by atoms with Crippen LogP contribution in [0.15, 0.2) is 44.8 Å². The zero-order chi connectivity index (χ0) is 14.1. The minimum atomic E-state index is 0.598. The SMILES string of the molecule is c1csc(-c2noc(CSc3ncnc4sccc34)n2)c1. The van der Waals surface area contributed by atoms with Gasteiger partial charge >= 0.3 is 0 Å². The highest BCUT2D eigenvalue weighted by molar-refractivity contribution is 7.98. The summed E-state index contributed by atoms with van der Waals surface area (Å²) in [4.78, 5) is 15.0. The molecule has 0 saturated heterocycles. The first kappa shape index (κ1) is 12.9. The van der Waals surface area contributed by atoms with E-state index in [1.807, 2.05) is 29.0 Å². The van der Waals surface area contributed by atoms with Crippen molar-refractivity contribution in [2.24, 2.45) is 0 Å². The minimum Gasteiger partial charge on any atom is -0.338 e. The lowest BCUT2D eigenvalue weighted by molar-refractivity contribution is 0.392. The van der Waals surface area contributed by atoms with Crippen molar-refractivity contribution in [3.63, 3.8) is 0 Å². The molecule has 0 saturated carbocycles. The van der Waals surface area contributed by atoms with Crippen LogP contribution >= 0.6 is 34.4 Å². The van der Waals surface area contributed by atoms with E-state index in [9.17, 15) is 0 Å². The number of thiophene rings is 2. The van der Waals surface area contributed by atoms with Gasteiger partial charge in [0.05, 0.1) is 10.6 Å². The van der Waals surface area contributed by atoms with Crippen molar-refractivity contribution in [3.05, 3.63) is 41.2 Å². The predicted octanol–water partition coefficient (Wildman–Crippen LogP) is 4.10. The maximum absolute atomic E-state index is 5.29. The van der Waals surface area contributed by atoms with E-state index in [1.165, 1.54) is 0 Å². The number of aromatic nitrogens is 4. The standard InChI is InChI=1S/C13H8N4OS3/c1-2-9(19-4-1)11-16-10(18-17-11)6-21-13-8-3-5-20-12(8)14-7-15-13/h1-5,7H,6H2. The van der Waals surface area contributed by atoms with Gasteiger partial charge in [0, 0.05) is 5.39 Å². The molecule has 0 aromatic carbocycles. The van der Waals surface area contributed by atoms with E-state index in [-0.39, 0.29) is 0 Å². The molecule has 5 nitrogen and oxygen atoms in total. The van der Waals surface area contributed by atoms with Gasteiger partial charge in [-0.3, -0.25) is 0 Å². The van der Waals surface area contributed by atoms with Crippen LogP contribution in [0, 0.1) is 0 Å². The molecule has 0 spiro atoms. The molecule has 0 atom stereocenters. The Morgan fingerprint density at radius 3 is 3.05 bits per heavy atom. The van der Waals surface area contributed by atoms with Crippen LogP contribution in [0.2, 0.25) is 0 Å². The smallest absolute Gasteiger partial charge is 0.237 e. The number of thioether (sulfide) groups is 1. The molecule has 0 radical (unpaired) electrons. The molecule has 8 heteroatoms. The lowest BCUT2D eigenvalue weighted by atomic mass is 10.4. The minimum absolute atomic E-state index is 0.598. The molecule has 4 heterocycles. The number of hydrogen-bond donors (Lipinski definition) is 0. The van der Waals surface area contributed by atoms with Gasteiger partial charge in [0.2, 0.25) is 11.7 Å². The Balaban J connectivity index is 1.53. The first-order valence-corrected chi connectivity index (χ1v) is 8.82. The first-order valence-electron chi connectivity index (χ1n) is 6.07. The molecule has 4 aromatic heterocycles. The second-order valence-electron chi connectivity index (χ2n) is 4.10. The molecule has 104 valence electrons. The Labute approximate surface area is 132 Å². The molecule has 0 bridgehead atoms. The summed E-state index contributed by atoms with van der Waals surface area (Å²) in [5.41, 5.74) is 0. The third-order valence-corrected chi connectivity index (χ3v) is 5.44. The summed E-state index contributed by atoms with van der Waals surface area (Å²) >= 11 is 4.79. The van der Waals surface area contributed by atoms with Gasteiger partial charge in [0.1, 0.15) is 16.2 Å². The van der Waals surface area contributed by atoms with Crippen molar-refractivity contribution < 1.29 is 4.52 Å². The number of fused-ring (bicyclic) bond motifs is 1. The quantitative estimate of drug-likeness (QED) is 0.414. The third kappa shape index (κ3) is 2.57. The second kappa shape index (κ2) is 5.55. The van der Waals surface area contributed by atoms with Crippen molar-refractivity contribution in [3.8, 4) is 10.7 Å². The van der Waals surface area contributed by atoms with Gasteiger partial charge in [-0.1, -0.05) is 23.0 Å². The van der Waals surface area contributed by atoms with Crippen LogP contribution in [0.1, 0.15) is 5.89 Å². The van der Waals surface area contributed by atoms with Crippen LogP contribution in [-0.2, 0) is 5.75 Å². The molecule has 0 unspecified atom stereocenters. The molecule has 0 aliphatic rings. The molecule has 0 aliphatic heterocycles. The van der Waals surface area contributed by atoms with Crippen LogP contribution in [0.5, 0.6) is 0 Å². The van der Waals surface area contributed by atoms with Crippen LogP contribution in [0.4, 0.5) is 0 Å². The second-order valence-corrected chi connectivity index (χ2v) is 6.90. The molecular formula is C13H8N4OS3. The Hall–Kier alpha value is -1.77. The van der Waals surface area contributed by atoms with Gasteiger partial charge in [-0.05, 0) is 22.9 Å².